The molecule has 1 amide bonds. The Balaban J connectivity index is 1.37. The molecule has 130 valence electrons. The van der Waals surface area contributed by atoms with Gasteiger partial charge in [-0.1, -0.05) is 5.21 Å². The number of rotatable bonds is 2. The topological polar surface area (TPSA) is 54.3 Å². The quantitative estimate of drug-likeness (QED) is 0.827. The number of hydrogen-bond acceptors (Lipinski definition) is 4. The fraction of sp³-hybridized carbons (Fsp3) is 0.833. The van der Waals surface area contributed by atoms with Gasteiger partial charge in [-0.15, -0.1) is 5.10 Å². The molecule has 4 saturated carbocycles. The summed E-state index contributed by atoms with van der Waals surface area (Å²) < 4.78 is 2.08. The molecule has 0 atom stereocenters. The first-order valence-corrected chi connectivity index (χ1v) is 9.52. The summed E-state index contributed by atoms with van der Waals surface area (Å²) in [5.41, 5.74) is 0.692. The van der Waals surface area contributed by atoms with E-state index in [1.807, 2.05) is 11.1 Å². The smallest absolute Gasteiger partial charge is 0.276 e. The van der Waals surface area contributed by atoms with E-state index in [2.05, 4.69) is 26.9 Å². The maximum Gasteiger partial charge on any atom is 0.276 e. The van der Waals surface area contributed by atoms with Gasteiger partial charge < -0.3 is 9.80 Å². The Morgan fingerprint density at radius 1 is 1.04 bits per heavy atom. The molecule has 5 fully saturated rings. The fourth-order valence-corrected chi connectivity index (χ4v) is 6.11. The lowest BCUT2D eigenvalue weighted by Crippen LogP contribution is -2.52. The summed E-state index contributed by atoms with van der Waals surface area (Å²) in [6, 6.07) is 0. The monoisotopic (exact) mass is 329 g/mol. The maximum absolute atomic E-state index is 12.7. The van der Waals surface area contributed by atoms with Crippen molar-refractivity contribution in [2.75, 3.05) is 33.2 Å². The van der Waals surface area contributed by atoms with Gasteiger partial charge in [-0.25, -0.2) is 4.68 Å². The number of carbonyl (C=O) groups is 1. The first-order valence-electron chi connectivity index (χ1n) is 9.52. The third kappa shape index (κ3) is 2.30. The Hall–Kier alpha value is -1.43. The van der Waals surface area contributed by atoms with E-state index >= 15 is 0 Å². The molecule has 1 aliphatic heterocycles. The van der Waals surface area contributed by atoms with Crippen LogP contribution in [0, 0.1) is 17.8 Å². The molecule has 1 aromatic rings. The van der Waals surface area contributed by atoms with Gasteiger partial charge >= 0.3 is 0 Å². The Labute approximate surface area is 143 Å². The zero-order valence-corrected chi connectivity index (χ0v) is 14.5. The second-order valence-electron chi connectivity index (χ2n) is 8.79. The van der Waals surface area contributed by atoms with Crippen molar-refractivity contribution >= 4 is 5.91 Å². The molecule has 5 aliphatic rings. The minimum absolute atomic E-state index is 0.0547. The molecule has 0 N–H and O–H groups in total. The first-order chi connectivity index (χ1) is 11.6. The molecule has 6 nitrogen and oxygen atoms in total. The van der Waals surface area contributed by atoms with Crippen molar-refractivity contribution in [3.8, 4) is 0 Å². The molecule has 24 heavy (non-hydrogen) atoms. The van der Waals surface area contributed by atoms with Crippen LogP contribution in [0.1, 0.15) is 49.0 Å². The molecule has 0 radical (unpaired) electrons. The van der Waals surface area contributed by atoms with E-state index in [9.17, 15) is 4.79 Å². The number of likely N-dealkylation sites (N-methyl/N-ethyl adjacent to an activating group) is 1. The van der Waals surface area contributed by atoms with Crippen LogP contribution in [0.4, 0.5) is 0 Å². The third-order valence-corrected chi connectivity index (χ3v) is 6.99. The van der Waals surface area contributed by atoms with Gasteiger partial charge in [-0.3, -0.25) is 4.79 Å². The molecule has 1 aromatic heterocycles. The predicted octanol–water partition coefficient (Wildman–Crippen LogP) is 1.59. The van der Waals surface area contributed by atoms with Crippen LogP contribution < -0.4 is 0 Å². The Bertz CT molecular complexity index is 610. The molecule has 6 rings (SSSR count). The van der Waals surface area contributed by atoms with E-state index in [1.165, 1.54) is 38.5 Å². The number of amides is 1. The largest absolute Gasteiger partial charge is 0.335 e. The molecular formula is C18H27N5O. The van der Waals surface area contributed by atoms with E-state index in [1.54, 1.807) is 0 Å². The van der Waals surface area contributed by atoms with Gasteiger partial charge in [0, 0.05) is 26.2 Å². The molecule has 4 bridgehead atoms. The third-order valence-electron chi connectivity index (χ3n) is 6.99. The summed E-state index contributed by atoms with van der Waals surface area (Å²) in [5, 5.41) is 8.72. The second kappa shape index (κ2) is 5.28. The van der Waals surface area contributed by atoms with Gasteiger partial charge in [0.25, 0.3) is 5.91 Å². The van der Waals surface area contributed by atoms with Crippen LogP contribution in [0.25, 0.3) is 0 Å². The van der Waals surface area contributed by atoms with E-state index in [-0.39, 0.29) is 11.4 Å². The first kappa shape index (κ1) is 14.9. The highest BCUT2D eigenvalue weighted by Gasteiger charge is 2.52. The molecule has 0 aromatic carbocycles. The number of carbonyl (C=O) groups excluding carboxylic acids is 1. The van der Waals surface area contributed by atoms with Crippen molar-refractivity contribution in [2.45, 2.75) is 44.1 Å². The standard InChI is InChI=1S/C18H27N5O/c1-21-2-4-22(5-3-21)17(24)16-12-23(20-19-16)18-9-13-6-14(10-18)8-15(7-13)11-18/h12-15H,2-11H2,1H3. The van der Waals surface area contributed by atoms with Crippen LogP contribution in [0.2, 0.25) is 0 Å². The Kier molecular flexibility index (Phi) is 3.27. The van der Waals surface area contributed by atoms with Crippen molar-refractivity contribution in [3.05, 3.63) is 11.9 Å². The summed E-state index contributed by atoms with van der Waals surface area (Å²) in [4.78, 5) is 16.9. The molecule has 0 spiro atoms. The Morgan fingerprint density at radius 3 is 2.21 bits per heavy atom. The summed E-state index contributed by atoms with van der Waals surface area (Å²) in [6.45, 7) is 3.46. The van der Waals surface area contributed by atoms with Gasteiger partial charge in [-0.2, -0.15) is 0 Å². The lowest BCUT2D eigenvalue weighted by molar-refractivity contribution is -0.0502. The van der Waals surface area contributed by atoms with Crippen molar-refractivity contribution in [1.82, 2.24) is 24.8 Å². The van der Waals surface area contributed by atoms with Gasteiger partial charge in [0.1, 0.15) is 0 Å². The SMILES string of the molecule is CN1CCN(C(=O)c2cn(C34CC5CC(CC(C5)C3)C4)nn2)CC1. The van der Waals surface area contributed by atoms with Crippen LogP contribution in [0.3, 0.4) is 0 Å². The lowest BCUT2D eigenvalue weighted by atomic mass is 9.53. The molecule has 6 heteroatoms. The van der Waals surface area contributed by atoms with Crippen molar-refractivity contribution in [1.29, 1.82) is 0 Å². The number of hydrogen-bond donors (Lipinski definition) is 0. The van der Waals surface area contributed by atoms with E-state index in [0.717, 1.165) is 43.9 Å². The summed E-state index contributed by atoms with van der Waals surface area (Å²) in [5.74, 6) is 2.67. The molecular weight excluding hydrogens is 302 g/mol. The molecule has 0 unspecified atom stereocenters. The van der Waals surface area contributed by atoms with E-state index < -0.39 is 0 Å². The van der Waals surface area contributed by atoms with Crippen molar-refractivity contribution < 1.29 is 4.79 Å². The molecule has 1 saturated heterocycles. The highest BCUT2D eigenvalue weighted by Crippen LogP contribution is 2.58. The van der Waals surface area contributed by atoms with Crippen LogP contribution in [0.5, 0.6) is 0 Å². The summed E-state index contributed by atoms with van der Waals surface area (Å²) in [6.07, 6.45) is 9.93. The fourth-order valence-electron chi connectivity index (χ4n) is 6.11. The van der Waals surface area contributed by atoms with Crippen LogP contribution in [-0.4, -0.2) is 63.9 Å². The number of piperazine rings is 1. The molecule has 2 heterocycles. The average Bonchev–Trinajstić information content (AvgIpc) is 3.04. The number of aromatic nitrogens is 3. The van der Waals surface area contributed by atoms with Crippen molar-refractivity contribution in [2.24, 2.45) is 17.8 Å². The van der Waals surface area contributed by atoms with Gasteiger partial charge in [-0.05, 0) is 63.3 Å². The average molecular weight is 329 g/mol. The minimum atomic E-state index is 0.0547. The van der Waals surface area contributed by atoms with Crippen molar-refractivity contribution in [3.63, 3.8) is 0 Å². The van der Waals surface area contributed by atoms with Crippen LogP contribution >= 0.6 is 0 Å². The number of nitrogens with zero attached hydrogens (tertiary/aromatic N) is 5. The highest BCUT2D eigenvalue weighted by molar-refractivity contribution is 5.92. The lowest BCUT2D eigenvalue weighted by Gasteiger charge is -2.56. The van der Waals surface area contributed by atoms with E-state index in [0.29, 0.717) is 5.69 Å². The zero-order valence-electron chi connectivity index (χ0n) is 14.5. The summed E-state index contributed by atoms with van der Waals surface area (Å²) >= 11 is 0. The maximum atomic E-state index is 12.7. The zero-order chi connectivity index (χ0) is 16.3. The second-order valence-corrected chi connectivity index (χ2v) is 8.79. The van der Waals surface area contributed by atoms with Gasteiger partial charge in [0.2, 0.25) is 0 Å². The van der Waals surface area contributed by atoms with Crippen LogP contribution in [0.15, 0.2) is 6.20 Å². The van der Waals surface area contributed by atoms with Gasteiger partial charge in [0.15, 0.2) is 5.69 Å². The van der Waals surface area contributed by atoms with Crippen LogP contribution in [-0.2, 0) is 5.54 Å². The highest BCUT2D eigenvalue weighted by atomic mass is 16.2. The normalized spacial score (nSPS) is 38.7. The van der Waals surface area contributed by atoms with Gasteiger partial charge in [0.05, 0.1) is 11.7 Å². The summed E-state index contributed by atoms with van der Waals surface area (Å²) in [7, 11) is 2.10. The minimum Gasteiger partial charge on any atom is -0.335 e. The van der Waals surface area contributed by atoms with E-state index in [4.69, 9.17) is 0 Å². The molecule has 4 aliphatic carbocycles. The Morgan fingerprint density at radius 2 is 1.62 bits per heavy atom. The predicted molar refractivity (Wildman–Crippen MR) is 89.6 cm³/mol.